The van der Waals surface area contributed by atoms with Crippen molar-refractivity contribution in [1.82, 2.24) is 0 Å². The zero-order chi connectivity index (χ0) is 6.73. The molecule has 0 spiro atoms. The van der Waals surface area contributed by atoms with Gasteiger partial charge >= 0.3 is 53.1 Å². The summed E-state index contributed by atoms with van der Waals surface area (Å²) in [6, 6.07) is 0. The zero-order valence-electron chi connectivity index (χ0n) is 4.10. The summed E-state index contributed by atoms with van der Waals surface area (Å²) in [5, 5.41) is 8.02. The first-order valence-electron chi connectivity index (χ1n) is 1.80. The second-order valence-electron chi connectivity index (χ2n) is 1.15. The molecule has 0 rings (SSSR count). The number of carboxylic acids is 1. The predicted octanol–water partition coefficient (Wildman–Crippen LogP) is -0.621. The molecule has 0 aliphatic carbocycles. The average molecular weight is 159 g/mol. The molecule has 0 saturated heterocycles. The number of hydrogen-bond donors (Lipinski definition) is 1. The van der Waals surface area contributed by atoms with Crippen LogP contribution in [0.1, 0.15) is 6.92 Å². The number of hydrogen-bond acceptors (Lipinski definition) is 2. The van der Waals surface area contributed by atoms with Crippen LogP contribution >= 0.6 is 0 Å². The van der Waals surface area contributed by atoms with Gasteiger partial charge in [0, 0.05) is 0 Å². The summed E-state index contributed by atoms with van der Waals surface area (Å²) in [6.45, 7) is 1.15. The first-order chi connectivity index (χ1) is 3.55. The van der Waals surface area contributed by atoms with Crippen LogP contribution in [0.15, 0.2) is 0 Å². The summed E-state index contributed by atoms with van der Waals surface area (Å²) < 4.78 is -0.433. The van der Waals surface area contributed by atoms with Gasteiger partial charge in [-0.3, -0.25) is 0 Å². The Kier molecular flexibility index (Phi) is 2.57. The number of rotatable bonds is 2. The van der Waals surface area contributed by atoms with Crippen LogP contribution in [0.5, 0.6) is 0 Å². The van der Waals surface area contributed by atoms with Gasteiger partial charge < -0.3 is 0 Å². The third-order valence-corrected chi connectivity index (χ3v) is 1.06. The fourth-order valence-electron chi connectivity index (χ4n) is 0.151. The van der Waals surface area contributed by atoms with Crippen LogP contribution in [-0.2, 0) is 24.9 Å². The van der Waals surface area contributed by atoms with Crippen molar-refractivity contribution in [1.29, 1.82) is 0 Å². The summed E-state index contributed by atoms with van der Waals surface area (Å²) in [5.41, 5.74) is 0. The normalized spacial score (nSPS) is 8.25. The molecular formula is C4H4CoO3. The van der Waals surface area contributed by atoms with Crippen LogP contribution < -0.4 is 0 Å². The monoisotopic (exact) mass is 159 g/mol. The Morgan fingerprint density at radius 1 is 1.50 bits per heavy atom. The summed E-state index contributed by atoms with van der Waals surface area (Å²) in [7, 11) is 0. The summed E-state index contributed by atoms with van der Waals surface area (Å²) >= 11 is 3.44. The minimum atomic E-state index is -1.28. The van der Waals surface area contributed by atoms with Gasteiger partial charge in [-0.05, 0) is 0 Å². The minimum absolute atomic E-state index is 0.433. The molecule has 0 aromatic carbocycles. The second kappa shape index (κ2) is 2.73. The van der Waals surface area contributed by atoms with Crippen molar-refractivity contribution < 1.29 is 30.0 Å². The molecule has 0 aliphatic rings. The molecule has 8 heavy (non-hydrogen) atoms. The van der Waals surface area contributed by atoms with E-state index < -0.39 is 16.2 Å². The van der Waals surface area contributed by atoms with Gasteiger partial charge in [0.15, 0.2) is 0 Å². The van der Waals surface area contributed by atoms with E-state index in [1.165, 1.54) is 0 Å². The van der Waals surface area contributed by atoms with Gasteiger partial charge in [0.1, 0.15) is 0 Å². The van der Waals surface area contributed by atoms with Gasteiger partial charge in [0.25, 0.3) is 0 Å². The van der Waals surface area contributed by atoms with Crippen molar-refractivity contribution in [2.45, 2.75) is 6.92 Å². The van der Waals surface area contributed by atoms with Crippen molar-refractivity contribution in [3.63, 3.8) is 0 Å². The first-order valence-corrected chi connectivity index (χ1v) is 2.32. The van der Waals surface area contributed by atoms with E-state index >= 15 is 0 Å². The molecule has 3 nitrogen and oxygen atoms in total. The Labute approximate surface area is 53.8 Å². The quantitative estimate of drug-likeness (QED) is 0.546. The Hall–Kier alpha value is -0.484. The number of carbonyl (C=O) groups is 2. The molecule has 0 heterocycles. The summed E-state index contributed by atoms with van der Waals surface area (Å²) in [6.07, 6.45) is 0. The van der Waals surface area contributed by atoms with E-state index in [9.17, 15) is 9.59 Å². The fraction of sp³-hybridized carbons (Fsp3) is 0.250. The Balaban J connectivity index is 4.05. The molecule has 0 atom stereocenters. The van der Waals surface area contributed by atoms with Crippen LogP contribution in [0, 0.1) is 0 Å². The molecule has 1 N–H and O–H groups in total. The topological polar surface area (TPSA) is 54.4 Å². The molecule has 0 bridgehead atoms. The number of aliphatic carboxylic acids is 1. The van der Waals surface area contributed by atoms with Crippen LogP contribution in [0.3, 0.4) is 0 Å². The van der Waals surface area contributed by atoms with E-state index in [1.54, 1.807) is 0 Å². The Bertz CT molecular complexity index is 133. The number of ketones is 1. The molecule has 0 aromatic rings. The van der Waals surface area contributed by atoms with Gasteiger partial charge in [-0.15, -0.1) is 0 Å². The first kappa shape index (κ1) is 7.52. The van der Waals surface area contributed by atoms with Crippen molar-refractivity contribution in [3.05, 3.63) is 0 Å². The van der Waals surface area contributed by atoms with E-state index in [0.717, 1.165) is 6.92 Å². The van der Waals surface area contributed by atoms with Crippen molar-refractivity contribution in [3.8, 4) is 0 Å². The van der Waals surface area contributed by atoms with Crippen LogP contribution in [0.2, 0.25) is 0 Å². The van der Waals surface area contributed by atoms with E-state index in [4.69, 9.17) is 5.11 Å². The van der Waals surface area contributed by atoms with Crippen LogP contribution in [0.4, 0.5) is 0 Å². The molecule has 47 valence electrons. The van der Waals surface area contributed by atoms with E-state index in [0.29, 0.717) is 0 Å². The molecule has 0 saturated carbocycles. The van der Waals surface area contributed by atoms with Gasteiger partial charge in [-0.2, -0.15) is 0 Å². The molecule has 0 radical (unpaired) electrons. The van der Waals surface area contributed by atoms with Gasteiger partial charge in [0.2, 0.25) is 0 Å². The average Bonchev–Trinajstić information content (AvgIpc) is 1.64. The predicted molar refractivity (Wildman–Crippen MR) is 23.3 cm³/mol. The van der Waals surface area contributed by atoms with Gasteiger partial charge in [0.05, 0.1) is 0 Å². The third-order valence-electron chi connectivity index (χ3n) is 0.472. The second-order valence-corrected chi connectivity index (χ2v) is 1.67. The van der Waals surface area contributed by atoms with Crippen molar-refractivity contribution in [2.24, 2.45) is 0 Å². The van der Waals surface area contributed by atoms with Crippen LogP contribution in [-0.4, -0.2) is 21.3 Å². The third kappa shape index (κ3) is 1.99. The Morgan fingerprint density at radius 2 is 1.88 bits per heavy atom. The van der Waals surface area contributed by atoms with E-state index in [1.807, 2.05) is 0 Å². The van der Waals surface area contributed by atoms with Crippen molar-refractivity contribution >= 4 is 16.2 Å². The SMILES string of the molecule is CC(=O)[C](=[Co])C(=O)O. The molecule has 4 heteroatoms. The standard InChI is InChI=1S/C4H4O3.Co/c1-3(5)2-4(6)7;/h1H3,(H,6,7);. The number of carbonyl (C=O) groups excluding carboxylic acids is 1. The molecule has 0 aliphatic heterocycles. The number of carboxylic acid groups (broad SMARTS) is 1. The molecule has 0 amide bonds. The molecule has 0 aromatic heterocycles. The molecule has 0 unspecified atom stereocenters. The zero-order valence-corrected chi connectivity index (χ0v) is 5.14. The van der Waals surface area contributed by atoms with E-state index in [-0.39, 0.29) is 0 Å². The molecule has 0 fully saturated rings. The van der Waals surface area contributed by atoms with Gasteiger partial charge in [-0.25, -0.2) is 0 Å². The van der Waals surface area contributed by atoms with E-state index in [2.05, 4.69) is 15.3 Å². The maximum atomic E-state index is 10.1. The number of Topliss-reactive ketones (excluding diaryl/α,β-unsaturated/α-hetero) is 1. The Morgan fingerprint density at radius 3 is 1.88 bits per heavy atom. The van der Waals surface area contributed by atoms with Crippen LogP contribution in [0.25, 0.3) is 0 Å². The molecular weight excluding hydrogens is 155 g/mol. The summed E-state index contributed by atoms with van der Waals surface area (Å²) in [5.74, 6) is -1.81. The summed E-state index contributed by atoms with van der Waals surface area (Å²) in [4.78, 5) is 19.9. The maximum absolute atomic E-state index is 10.1. The fourth-order valence-corrected chi connectivity index (χ4v) is 0.151. The van der Waals surface area contributed by atoms with Crippen molar-refractivity contribution in [2.75, 3.05) is 0 Å². The van der Waals surface area contributed by atoms with Gasteiger partial charge in [-0.1, -0.05) is 0 Å².